The van der Waals surface area contributed by atoms with Crippen LogP contribution in [-0.2, 0) is 33.8 Å². The third-order valence-electron chi connectivity index (χ3n) is 9.71. The molecule has 4 heterocycles. The normalized spacial score (nSPS) is 25.5. The molecule has 9 heteroatoms. The summed E-state index contributed by atoms with van der Waals surface area (Å²) in [6.07, 6.45) is 2.69. The molecule has 7 rings (SSSR count). The van der Waals surface area contributed by atoms with Gasteiger partial charge in [-0.25, -0.2) is 4.98 Å². The SMILES string of the molecule is Cc1ccc(OCc2ccc3c(c2C)CCN(CC2COCCO2)C3)c(-c2csc(N3CC[C@@]4(C(=O)O)C[C@H]4C3)n2)c1. The predicted molar refractivity (Wildman–Crippen MR) is 162 cm³/mol. The molecule has 1 aliphatic carbocycles. The topological polar surface area (TPSA) is 84.4 Å². The molecule has 0 radical (unpaired) electrons. The van der Waals surface area contributed by atoms with Gasteiger partial charge in [0.1, 0.15) is 12.4 Å². The van der Waals surface area contributed by atoms with Crippen molar-refractivity contribution in [1.29, 1.82) is 0 Å². The summed E-state index contributed by atoms with van der Waals surface area (Å²) in [4.78, 5) is 21.4. The number of thiazole rings is 1. The molecular formula is C33H39N3O5S. The molecule has 1 saturated carbocycles. The predicted octanol–water partition coefficient (Wildman–Crippen LogP) is 5.08. The van der Waals surface area contributed by atoms with Crippen LogP contribution in [0.3, 0.4) is 0 Å². The van der Waals surface area contributed by atoms with Crippen LogP contribution in [0.1, 0.15) is 40.7 Å². The van der Waals surface area contributed by atoms with Crippen LogP contribution in [0, 0.1) is 25.2 Å². The number of aryl methyl sites for hydroxylation is 1. The molecule has 3 aromatic rings. The fraction of sp³-hybridized carbons (Fsp3) is 0.515. The van der Waals surface area contributed by atoms with Crippen molar-refractivity contribution < 1.29 is 24.1 Å². The lowest BCUT2D eigenvalue weighted by molar-refractivity contribution is -0.144. The summed E-state index contributed by atoms with van der Waals surface area (Å²) in [6, 6.07) is 10.8. The number of carboxylic acids is 1. The van der Waals surface area contributed by atoms with E-state index in [-0.39, 0.29) is 12.0 Å². The van der Waals surface area contributed by atoms with Crippen LogP contribution in [0.15, 0.2) is 35.7 Å². The van der Waals surface area contributed by atoms with E-state index in [2.05, 4.69) is 59.4 Å². The molecule has 0 bridgehead atoms. The van der Waals surface area contributed by atoms with Crippen LogP contribution in [0.5, 0.6) is 5.75 Å². The molecule has 2 aromatic carbocycles. The van der Waals surface area contributed by atoms with Crippen molar-refractivity contribution in [2.24, 2.45) is 11.3 Å². The largest absolute Gasteiger partial charge is 0.488 e. The Morgan fingerprint density at radius 3 is 2.93 bits per heavy atom. The maximum absolute atomic E-state index is 11.7. The van der Waals surface area contributed by atoms with Gasteiger partial charge in [-0.15, -0.1) is 11.3 Å². The number of nitrogens with zero attached hydrogens (tertiary/aromatic N) is 3. The van der Waals surface area contributed by atoms with Crippen molar-refractivity contribution in [2.75, 3.05) is 50.9 Å². The van der Waals surface area contributed by atoms with E-state index in [1.807, 2.05) is 0 Å². The van der Waals surface area contributed by atoms with E-state index in [1.165, 1.54) is 22.3 Å². The van der Waals surface area contributed by atoms with Crippen LogP contribution in [0.2, 0.25) is 0 Å². The highest BCUT2D eigenvalue weighted by molar-refractivity contribution is 7.14. The highest BCUT2D eigenvalue weighted by atomic mass is 32.1. The molecule has 8 nitrogen and oxygen atoms in total. The molecule has 1 aromatic heterocycles. The number of benzene rings is 2. The number of hydrogen-bond donors (Lipinski definition) is 1. The van der Waals surface area contributed by atoms with E-state index in [0.717, 1.165) is 73.3 Å². The highest BCUT2D eigenvalue weighted by Gasteiger charge is 2.62. The van der Waals surface area contributed by atoms with E-state index in [9.17, 15) is 9.90 Å². The van der Waals surface area contributed by atoms with Crippen molar-refractivity contribution >= 4 is 22.4 Å². The van der Waals surface area contributed by atoms with E-state index >= 15 is 0 Å². The van der Waals surface area contributed by atoms with Gasteiger partial charge < -0.3 is 24.2 Å². The first kappa shape index (κ1) is 27.8. The fourth-order valence-electron chi connectivity index (χ4n) is 7.01. The quantitative estimate of drug-likeness (QED) is 0.390. The number of carboxylic acid groups (broad SMARTS) is 1. The zero-order valence-corrected chi connectivity index (χ0v) is 25.3. The highest BCUT2D eigenvalue weighted by Crippen LogP contribution is 2.58. The molecule has 42 heavy (non-hydrogen) atoms. The molecule has 1 N–H and O–H groups in total. The lowest BCUT2D eigenvalue weighted by atomic mass is 9.92. The van der Waals surface area contributed by atoms with Gasteiger partial charge in [-0.3, -0.25) is 9.69 Å². The molecule has 4 aliphatic rings. The summed E-state index contributed by atoms with van der Waals surface area (Å²) in [5.74, 6) is 0.434. The Hall–Kier alpha value is -2.98. The number of anilines is 1. The molecule has 0 spiro atoms. The van der Waals surface area contributed by atoms with Crippen molar-refractivity contribution in [2.45, 2.75) is 52.4 Å². The minimum Gasteiger partial charge on any atom is -0.488 e. The molecule has 3 fully saturated rings. The van der Waals surface area contributed by atoms with Gasteiger partial charge in [0.05, 0.1) is 37.0 Å². The van der Waals surface area contributed by atoms with Crippen LogP contribution in [0.25, 0.3) is 11.3 Å². The molecule has 222 valence electrons. The van der Waals surface area contributed by atoms with Crippen molar-refractivity contribution in [1.82, 2.24) is 9.88 Å². The van der Waals surface area contributed by atoms with Crippen LogP contribution in [0.4, 0.5) is 5.13 Å². The van der Waals surface area contributed by atoms with Gasteiger partial charge in [-0.2, -0.15) is 0 Å². The molecule has 1 unspecified atom stereocenters. The zero-order chi connectivity index (χ0) is 28.8. The Bertz CT molecular complexity index is 1480. The number of rotatable bonds is 8. The average Bonchev–Trinajstić information content (AvgIpc) is 3.55. The Labute approximate surface area is 251 Å². The third-order valence-corrected chi connectivity index (χ3v) is 10.6. The molecular weight excluding hydrogens is 550 g/mol. The lowest BCUT2D eigenvalue weighted by Gasteiger charge is -2.34. The monoisotopic (exact) mass is 589 g/mol. The minimum absolute atomic E-state index is 0.168. The Morgan fingerprint density at radius 1 is 1.21 bits per heavy atom. The number of hydrogen-bond acceptors (Lipinski definition) is 8. The van der Waals surface area contributed by atoms with E-state index in [1.54, 1.807) is 11.3 Å². The summed E-state index contributed by atoms with van der Waals surface area (Å²) in [7, 11) is 0. The van der Waals surface area contributed by atoms with Gasteiger partial charge in [0.15, 0.2) is 5.13 Å². The van der Waals surface area contributed by atoms with E-state index < -0.39 is 11.4 Å². The molecule has 0 amide bonds. The van der Waals surface area contributed by atoms with Crippen LogP contribution >= 0.6 is 11.3 Å². The second-order valence-electron chi connectivity index (χ2n) is 12.4. The van der Waals surface area contributed by atoms with Crippen LogP contribution < -0.4 is 9.64 Å². The number of fused-ring (bicyclic) bond motifs is 2. The van der Waals surface area contributed by atoms with Gasteiger partial charge >= 0.3 is 5.97 Å². The number of ether oxygens (including phenoxy) is 3. The standard InChI is InChI=1S/C33H39N3O5S/c1-21-3-6-30(28(13-21)29-20-42-32(34-29)36-10-8-33(31(37)38)14-25(33)16-36)41-18-24-5-4-23-15-35(9-7-27(23)22(24)2)17-26-19-39-11-12-40-26/h3-6,13,20,25-26H,7-12,14-19H2,1-2H3,(H,37,38)/t25-,26?,33+/m0/s1. The number of carbonyl (C=O) groups is 1. The maximum Gasteiger partial charge on any atom is 0.310 e. The average molecular weight is 590 g/mol. The Morgan fingerprint density at radius 2 is 2.12 bits per heavy atom. The van der Waals surface area contributed by atoms with Gasteiger partial charge in [-0.05, 0) is 73.4 Å². The lowest BCUT2D eigenvalue weighted by Crippen LogP contribution is -2.42. The molecule has 3 aliphatic heterocycles. The van der Waals surface area contributed by atoms with E-state index in [0.29, 0.717) is 32.8 Å². The summed E-state index contributed by atoms with van der Waals surface area (Å²) in [5.41, 5.74) is 7.99. The molecule has 3 atom stereocenters. The van der Waals surface area contributed by atoms with Gasteiger partial charge in [0, 0.05) is 43.7 Å². The first-order valence-electron chi connectivity index (χ1n) is 15.1. The van der Waals surface area contributed by atoms with Crippen molar-refractivity contribution in [3.05, 3.63) is 63.5 Å². The van der Waals surface area contributed by atoms with Crippen molar-refractivity contribution in [3.63, 3.8) is 0 Å². The van der Waals surface area contributed by atoms with Gasteiger partial charge in [0.25, 0.3) is 0 Å². The number of aliphatic carboxylic acids is 1. The smallest absolute Gasteiger partial charge is 0.310 e. The summed E-state index contributed by atoms with van der Waals surface area (Å²) >= 11 is 1.63. The zero-order valence-electron chi connectivity index (χ0n) is 24.4. The first-order chi connectivity index (χ1) is 20.4. The molecule has 2 saturated heterocycles. The van der Waals surface area contributed by atoms with Gasteiger partial charge in [-0.1, -0.05) is 23.8 Å². The van der Waals surface area contributed by atoms with Crippen molar-refractivity contribution in [3.8, 4) is 17.0 Å². The van der Waals surface area contributed by atoms with Gasteiger partial charge in [0.2, 0.25) is 0 Å². The number of aromatic nitrogens is 1. The summed E-state index contributed by atoms with van der Waals surface area (Å²) < 4.78 is 18.0. The van der Waals surface area contributed by atoms with E-state index in [4.69, 9.17) is 19.2 Å². The second-order valence-corrected chi connectivity index (χ2v) is 13.2. The Kier molecular flexibility index (Phi) is 7.46. The maximum atomic E-state index is 11.7. The summed E-state index contributed by atoms with van der Waals surface area (Å²) in [6.45, 7) is 11.3. The minimum atomic E-state index is -0.634. The first-order valence-corrected chi connectivity index (χ1v) is 16.0. The summed E-state index contributed by atoms with van der Waals surface area (Å²) in [5, 5.41) is 12.7. The Balaban J connectivity index is 1.03. The third kappa shape index (κ3) is 5.32. The number of piperidine rings is 1. The fourth-order valence-corrected chi connectivity index (χ4v) is 7.87. The van der Waals surface area contributed by atoms with Crippen LogP contribution in [-0.4, -0.2) is 73.1 Å². The second kappa shape index (κ2) is 11.3.